The van der Waals surface area contributed by atoms with Crippen LogP contribution in [-0.2, 0) is 14.3 Å². The van der Waals surface area contributed by atoms with Crippen molar-refractivity contribution in [3.8, 4) is 0 Å². The Morgan fingerprint density at radius 1 is 1.26 bits per heavy atom. The molecule has 0 unspecified atom stereocenters. The molecule has 0 aliphatic carbocycles. The highest BCUT2D eigenvalue weighted by Gasteiger charge is 2.36. The van der Waals surface area contributed by atoms with Gasteiger partial charge in [0.15, 0.2) is 0 Å². The fourth-order valence-electron chi connectivity index (χ4n) is 2.24. The first-order valence-electron chi connectivity index (χ1n) is 6.83. The summed E-state index contributed by atoms with van der Waals surface area (Å²) in [5.41, 5.74) is -0.522. The van der Waals surface area contributed by atoms with Gasteiger partial charge in [0.05, 0.1) is 12.0 Å². The van der Waals surface area contributed by atoms with E-state index in [4.69, 9.17) is 9.84 Å². The Hall–Kier alpha value is -1.10. The molecule has 0 saturated carbocycles. The zero-order valence-electron chi connectivity index (χ0n) is 12.1. The van der Waals surface area contributed by atoms with E-state index in [9.17, 15) is 9.59 Å². The molecule has 19 heavy (non-hydrogen) atoms. The molecule has 1 heterocycles. The normalized spacial score (nSPS) is 18.9. The predicted octanol–water partition coefficient (Wildman–Crippen LogP) is 1.95. The fourth-order valence-corrected chi connectivity index (χ4v) is 2.24. The molecule has 110 valence electrons. The first kappa shape index (κ1) is 16.0. The number of hydrogen-bond donors (Lipinski definition) is 2. The lowest BCUT2D eigenvalue weighted by atomic mass is 9.85. The zero-order valence-corrected chi connectivity index (χ0v) is 12.1. The van der Waals surface area contributed by atoms with Gasteiger partial charge in [-0.3, -0.25) is 9.59 Å². The van der Waals surface area contributed by atoms with Crippen molar-refractivity contribution >= 4 is 11.9 Å². The van der Waals surface area contributed by atoms with Crippen molar-refractivity contribution in [2.24, 2.45) is 5.41 Å². The highest BCUT2D eigenvalue weighted by atomic mass is 16.5. The number of ether oxygens (including phenoxy) is 1. The number of carbonyl (C=O) groups excluding carboxylic acids is 1. The minimum Gasteiger partial charge on any atom is -0.481 e. The van der Waals surface area contributed by atoms with E-state index in [-0.39, 0.29) is 17.7 Å². The minimum atomic E-state index is -0.877. The molecule has 1 rings (SSSR count). The van der Waals surface area contributed by atoms with Gasteiger partial charge in [-0.2, -0.15) is 0 Å². The van der Waals surface area contributed by atoms with Crippen molar-refractivity contribution in [1.82, 2.24) is 5.32 Å². The fraction of sp³-hybridized carbons (Fsp3) is 0.857. The van der Waals surface area contributed by atoms with Crippen molar-refractivity contribution in [1.29, 1.82) is 0 Å². The molecule has 0 aromatic carbocycles. The number of amides is 1. The summed E-state index contributed by atoms with van der Waals surface area (Å²) < 4.78 is 5.26. The Labute approximate surface area is 114 Å². The summed E-state index contributed by atoms with van der Waals surface area (Å²) in [6.07, 6.45) is 2.34. The summed E-state index contributed by atoms with van der Waals surface area (Å²) in [6, 6.07) is 0. The number of carboxylic acids is 1. The molecule has 0 aromatic rings. The molecule has 0 atom stereocenters. The average Bonchev–Trinajstić information content (AvgIpc) is 2.25. The number of carboxylic acid groups (broad SMARTS) is 1. The first-order valence-corrected chi connectivity index (χ1v) is 6.83. The molecule has 5 heteroatoms. The number of nitrogens with one attached hydrogen (secondary N) is 1. The lowest BCUT2D eigenvalue weighted by Crippen LogP contribution is -2.53. The SMILES string of the molecule is CC(C)(C)CCC(=O)NC1(CC(=O)O)CCOCC1. The van der Waals surface area contributed by atoms with E-state index in [2.05, 4.69) is 26.1 Å². The van der Waals surface area contributed by atoms with Gasteiger partial charge in [-0.05, 0) is 24.7 Å². The second kappa shape index (κ2) is 6.37. The van der Waals surface area contributed by atoms with Gasteiger partial charge in [-0.25, -0.2) is 0 Å². The van der Waals surface area contributed by atoms with E-state index in [0.29, 0.717) is 32.5 Å². The third-order valence-corrected chi connectivity index (χ3v) is 3.45. The van der Waals surface area contributed by atoms with Gasteiger partial charge in [0.1, 0.15) is 0 Å². The van der Waals surface area contributed by atoms with E-state index < -0.39 is 11.5 Å². The number of aliphatic carboxylic acids is 1. The van der Waals surface area contributed by atoms with E-state index in [0.717, 1.165) is 6.42 Å². The number of hydrogen-bond acceptors (Lipinski definition) is 3. The first-order chi connectivity index (χ1) is 8.72. The van der Waals surface area contributed by atoms with Crippen LogP contribution in [-0.4, -0.2) is 35.7 Å². The molecule has 1 fully saturated rings. The molecule has 1 saturated heterocycles. The monoisotopic (exact) mass is 271 g/mol. The maximum atomic E-state index is 12.0. The third kappa shape index (κ3) is 6.05. The van der Waals surface area contributed by atoms with Crippen molar-refractivity contribution in [2.75, 3.05) is 13.2 Å². The molecule has 0 bridgehead atoms. The number of carbonyl (C=O) groups is 2. The second-order valence-electron chi connectivity index (χ2n) is 6.57. The van der Waals surface area contributed by atoms with E-state index in [1.54, 1.807) is 0 Å². The average molecular weight is 271 g/mol. The Morgan fingerprint density at radius 2 is 1.84 bits per heavy atom. The third-order valence-electron chi connectivity index (χ3n) is 3.45. The molecule has 2 N–H and O–H groups in total. The Kier molecular flexibility index (Phi) is 5.35. The molecular weight excluding hydrogens is 246 g/mol. The van der Waals surface area contributed by atoms with Gasteiger partial charge in [0.25, 0.3) is 0 Å². The van der Waals surface area contributed by atoms with Crippen LogP contribution in [0.15, 0.2) is 0 Å². The van der Waals surface area contributed by atoms with E-state index >= 15 is 0 Å². The standard InChI is InChI=1S/C14H25NO4/c1-13(2,3)5-4-11(16)15-14(10-12(17)18)6-8-19-9-7-14/h4-10H2,1-3H3,(H,15,16)(H,17,18). The molecule has 0 aromatic heterocycles. The van der Waals surface area contributed by atoms with Crippen LogP contribution >= 0.6 is 0 Å². The van der Waals surface area contributed by atoms with Gasteiger partial charge in [0, 0.05) is 19.6 Å². The highest BCUT2D eigenvalue weighted by molar-refractivity contribution is 5.78. The largest absolute Gasteiger partial charge is 0.481 e. The smallest absolute Gasteiger partial charge is 0.305 e. The van der Waals surface area contributed by atoms with Crippen LogP contribution in [0.5, 0.6) is 0 Å². The van der Waals surface area contributed by atoms with Crippen molar-refractivity contribution in [2.45, 2.75) is 58.4 Å². The van der Waals surface area contributed by atoms with E-state index in [1.807, 2.05) is 0 Å². The van der Waals surface area contributed by atoms with Crippen molar-refractivity contribution in [3.63, 3.8) is 0 Å². The quantitative estimate of drug-likeness (QED) is 0.801. The molecule has 5 nitrogen and oxygen atoms in total. The summed E-state index contributed by atoms with van der Waals surface area (Å²) in [7, 11) is 0. The van der Waals surface area contributed by atoms with Crippen LogP contribution in [0.4, 0.5) is 0 Å². The second-order valence-corrected chi connectivity index (χ2v) is 6.57. The topological polar surface area (TPSA) is 75.6 Å². The summed E-state index contributed by atoms with van der Waals surface area (Å²) >= 11 is 0. The molecule has 1 aliphatic rings. The molecule has 0 spiro atoms. The molecular formula is C14H25NO4. The highest BCUT2D eigenvalue weighted by Crippen LogP contribution is 2.26. The predicted molar refractivity (Wildman–Crippen MR) is 71.9 cm³/mol. The number of rotatable bonds is 5. The minimum absolute atomic E-state index is 0.0301. The van der Waals surface area contributed by atoms with Crippen LogP contribution in [0, 0.1) is 5.41 Å². The lowest BCUT2D eigenvalue weighted by molar-refractivity contribution is -0.140. The Bertz CT molecular complexity index is 327. The van der Waals surface area contributed by atoms with Gasteiger partial charge >= 0.3 is 5.97 Å². The molecule has 1 amide bonds. The van der Waals surface area contributed by atoms with Crippen molar-refractivity contribution in [3.05, 3.63) is 0 Å². The van der Waals surface area contributed by atoms with Crippen LogP contribution < -0.4 is 5.32 Å². The lowest BCUT2D eigenvalue weighted by Gasteiger charge is -2.37. The Balaban J connectivity index is 2.57. The summed E-state index contributed by atoms with van der Waals surface area (Å²) in [5, 5.41) is 11.9. The van der Waals surface area contributed by atoms with E-state index in [1.165, 1.54) is 0 Å². The summed E-state index contributed by atoms with van der Waals surface area (Å²) in [4.78, 5) is 23.0. The van der Waals surface area contributed by atoms with Gasteiger partial charge in [0.2, 0.25) is 5.91 Å². The Morgan fingerprint density at radius 3 is 2.32 bits per heavy atom. The zero-order chi connectivity index (χ0) is 14.5. The van der Waals surface area contributed by atoms with Crippen LogP contribution in [0.3, 0.4) is 0 Å². The van der Waals surface area contributed by atoms with Crippen LogP contribution in [0.2, 0.25) is 0 Å². The molecule has 0 radical (unpaired) electrons. The van der Waals surface area contributed by atoms with Gasteiger partial charge in [-0.15, -0.1) is 0 Å². The maximum absolute atomic E-state index is 12.0. The maximum Gasteiger partial charge on any atom is 0.305 e. The summed E-state index contributed by atoms with van der Waals surface area (Å²) in [6.45, 7) is 7.27. The summed E-state index contributed by atoms with van der Waals surface area (Å²) in [5.74, 6) is -0.934. The van der Waals surface area contributed by atoms with Gasteiger partial charge < -0.3 is 15.2 Å². The van der Waals surface area contributed by atoms with Crippen molar-refractivity contribution < 1.29 is 19.4 Å². The molecule has 1 aliphatic heterocycles. The van der Waals surface area contributed by atoms with Crippen LogP contribution in [0.1, 0.15) is 52.9 Å². The van der Waals surface area contributed by atoms with Crippen LogP contribution in [0.25, 0.3) is 0 Å². The van der Waals surface area contributed by atoms with Gasteiger partial charge in [-0.1, -0.05) is 20.8 Å².